The number of thioether (sulfide) groups is 1. The van der Waals surface area contributed by atoms with Gasteiger partial charge in [0.2, 0.25) is 0 Å². The van der Waals surface area contributed by atoms with Gasteiger partial charge in [-0.15, -0.1) is 18.3 Å². The van der Waals surface area contributed by atoms with Crippen molar-refractivity contribution in [1.29, 1.82) is 0 Å². The molecule has 0 saturated carbocycles. The molecule has 4 aromatic rings. The summed E-state index contributed by atoms with van der Waals surface area (Å²) in [4.78, 5) is 23.3. The molecule has 46 heavy (non-hydrogen) atoms. The van der Waals surface area contributed by atoms with Crippen LogP contribution in [0.1, 0.15) is 44.2 Å². The lowest BCUT2D eigenvalue weighted by Crippen LogP contribution is -2.29. The molecule has 2 heterocycles. The maximum absolute atomic E-state index is 13.9. The molecule has 1 unspecified atom stereocenters. The van der Waals surface area contributed by atoms with Gasteiger partial charge in [-0.25, -0.2) is 18.9 Å². The number of amides is 2. The van der Waals surface area contributed by atoms with Crippen molar-refractivity contribution in [3.8, 4) is 22.8 Å². The molecule has 8 nitrogen and oxygen atoms in total. The fourth-order valence-electron chi connectivity index (χ4n) is 5.12. The SMILES string of the molecule is CC(CCNC(=O)/N=C1\SCCN1c1ccc(F)cc1C(C)C)Cc1ccc(-c2ncn(-c3ccc(OC(F)(F)F)cc3)n2)cc1. The predicted molar refractivity (Wildman–Crippen MR) is 172 cm³/mol. The number of amidine groups is 1. The highest BCUT2D eigenvalue weighted by atomic mass is 32.2. The van der Waals surface area contributed by atoms with Crippen LogP contribution in [0.5, 0.6) is 5.75 Å². The molecule has 242 valence electrons. The standard InChI is InChI=1S/C33H34F4N6O2S/c1-21(2)28-19-25(34)8-13-29(28)42-16-17-46-32(42)40-31(44)38-15-14-22(3)18-23-4-6-24(7-5-23)30-39-20-43(41-30)26-9-11-27(12-10-26)45-33(35,36)37/h4-13,19-22H,14-18H2,1-3H3,(H,38,44)/b40-32-. The van der Waals surface area contributed by atoms with Crippen molar-refractivity contribution in [2.75, 3.05) is 23.7 Å². The third-order valence-corrected chi connectivity index (χ3v) is 8.37. The molecule has 0 radical (unpaired) electrons. The maximum Gasteiger partial charge on any atom is 0.573 e. The number of halogens is 4. The normalized spacial score (nSPS) is 15.0. The lowest BCUT2D eigenvalue weighted by molar-refractivity contribution is -0.274. The van der Waals surface area contributed by atoms with E-state index in [1.807, 2.05) is 43.0 Å². The lowest BCUT2D eigenvalue weighted by Gasteiger charge is -2.23. The van der Waals surface area contributed by atoms with Gasteiger partial charge in [0.1, 0.15) is 17.9 Å². The highest BCUT2D eigenvalue weighted by Gasteiger charge is 2.31. The Morgan fingerprint density at radius 3 is 2.50 bits per heavy atom. The van der Waals surface area contributed by atoms with E-state index in [4.69, 9.17) is 0 Å². The number of nitrogens with one attached hydrogen (secondary N) is 1. The van der Waals surface area contributed by atoms with E-state index >= 15 is 0 Å². The minimum absolute atomic E-state index is 0.129. The molecule has 5 rings (SSSR count). The monoisotopic (exact) mass is 654 g/mol. The number of alkyl halides is 3. The van der Waals surface area contributed by atoms with Crippen molar-refractivity contribution in [3.63, 3.8) is 0 Å². The molecule has 1 N–H and O–H groups in total. The summed E-state index contributed by atoms with van der Waals surface area (Å²) in [5, 5.41) is 7.97. The molecular weight excluding hydrogens is 620 g/mol. The Hall–Kier alpha value is -4.39. The number of hydrogen-bond acceptors (Lipinski definition) is 5. The Labute approximate surface area is 268 Å². The predicted octanol–water partition coefficient (Wildman–Crippen LogP) is 7.98. The summed E-state index contributed by atoms with van der Waals surface area (Å²) in [7, 11) is 0. The molecular formula is C33H34F4N6O2S. The summed E-state index contributed by atoms with van der Waals surface area (Å²) >= 11 is 1.51. The summed E-state index contributed by atoms with van der Waals surface area (Å²) in [5.41, 5.74) is 4.24. The minimum Gasteiger partial charge on any atom is -0.406 e. The fourth-order valence-corrected chi connectivity index (χ4v) is 6.07. The average molecular weight is 655 g/mol. The summed E-state index contributed by atoms with van der Waals surface area (Å²) < 4.78 is 56.5. The van der Waals surface area contributed by atoms with Crippen LogP contribution >= 0.6 is 11.8 Å². The van der Waals surface area contributed by atoms with Crippen molar-refractivity contribution in [3.05, 3.63) is 90.0 Å². The molecule has 3 aromatic carbocycles. The number of nitrogens with zero attached hydrogens (tertiary/aromatic N) is 5. The topological polar surface area (TPSA) is 84.6 Å². The van der Waals surface area contributed by atoms with Crippen LogP contribution in [0.25, 0.3) is 17.1 Å². The van der Waals surface area contributed by atoms with E-state index < -0.39 is 12.4 Å². The summed E-state index contributed by atoms with van der Waals surface area (Å²) in [6, 6.07) is 17.6. The Balaban J connectivity index is 1.10. The smallest absolute Gasteiger partial charge is 0.406 e. The van der Waals surface area contributed by atoms with Crippen molar-refractivity contribution in [2.45, 2.75) is 45.9 Å². The highest BCUT2D eigenvalue weighted by molar-refractivity contribution is 8.14. The zero-order valence-electron chi connectivity index (χ0n) is 25.6. The largest absolute Gasteiger partial charge is 0.573 e. The minimum atomic E-state index is -4.75. The van der Waals surface area contributed by atoms with Crippen LogP contribution in [0.15, 0.2) is 78.0 Å². The van der Waals surface area contributed by atoms with Gasteiger partial charge in [-0.2, -0.15) is 4.99 Å². The molecule has 13 heteroatoms. The fraction of sp³-hybridized carbons (Fsp3) is 0.333. The van der Waals surface area contributed by atoms with Gasteiger partial charge in [-0.1, -0.05) is 56.8 Å². The van der Waals surface area contributed by atoms with Gasteiger partial charge in [0.05, 0.1) is 5.69 Å². The maximum atomic E-state index is 13.9. The second-order valence-corrected chi connectivity index (χ2v) is 12.4. The number of aliphatic imine (C=N–C) groups is 1. The van der Waals surface area contributed by atoms with E-state index in [1.165, 1.54) is 53.1 Å². The Morgan fingerprint density at radius 2 is 1.80 bits per heavy atom. The first-order chi connectivity index (χ1) is 21.9. The molecule has 1 aliphatic heterocycles. The molecule has 1 atom stereocenters. The number of ether oxygens (including phenoxy) is 1. The third kappa shape index (κ3) is 8.65. The number of carbonyl (C=O) groups excluding carboxylic acids is 1. The van der Waals surface area contributed by atoms with Crippen molar-refractivity contribution >= 4 is 28.6 Å². The van der Waals surface area contributed by atoms with E-state index in [2.05, 4.69) is 32.1 Å². The Bertz CT molecular complexity index is 1670. The number of benzene rings is 3. The molecule has 1 fully saturated rings. The second-order valence-electron chi connectivity index (χ2n) is 11.3. The Morgan fingerprint density at radius 1 is 1.07 bits per heavy atom. The first kappa shape index (κ1) is 33.0. The number of carbonyl (C=O) groups is 1. The van der Waals surface area contributed by atoms with Gasteiger partial charge in [0.25, 0.3) is 0 Å². The highest BCUT2D eigenvalue weighted by Crippen LogP contribution is 2.33. The van der Waals surface area contributed by atoms with Gasteiger partial charge >= 0.3 is 12.4 Å². The number of aromatic nitrogens is 3. The van der Waals surface area contributed by atoms with E-state index in [1.54, 1.807) is 12.1 Å². The van der Waals surface area contributed by atoms with E-state index in [0.29, 0.717) is 35.7 Å². The second kappa shape index (κ2) is 14.4. The molecule has 1 aromatic heterocycles. The number of urea groups is 1. The van der Waals surface area contributed by atoms with Gasteiger partial charge < -0.3 is 15.0 Å². The van der Waals surface area contributed by atoms with Crippen LogP contribution in [0, 0.1) is 11.7 Å². The van der Waals surface area contributed by atoms with E-state index in [9.17, 15) is 22.4 Å². The summed E-state index contributed by atoms with van der Waals surface area (Å²) in [6.45, 7) is 7.34. The van der Waals surface area contributed by atoms with Crippen molar-refractivity contribution < 1.29 is 27.1 Å². The third-order valence-electron chi connectivity index (χ3n) is 7.41. The lowest BCUT2D eigenvalue weighted by atomic mass is 9.97. The first-order valence-corrected chi connectivity index (χ1v) is 15.9. The number of hydrogen-bond donors (Lipinski definition) is 1. The zero-order valence-corrected chi connectivity index (χ0v) is 26.4. The quantitative estimate of drug-likeness (QED) is 0.175. The van der Waals surface area contributed by atoms with Gasteiger partial charge in [-0.05, 0) is 78.3 Å². The van der Waals surface area contributed by atoms with Gasteiger partial charge in [-0.3, -0.25) is 0 Å². The van der Waals surface area contributed by atoms with Crippen molar-refractivity contribution in [2.24, 2.45) is 10.9 Å². The van der Waals surface area contributed by atoms with E-state index in [-0.39, 0.29) is 17.5 Å². The van der Waals surface area contributed by atoms with Crippen LogP contribution in [0.2, 0.25) is 0 Å². The summed E-state index contributed by atoms with van der Waals surface area (Å²) in [5.74, 6) is 1.12. The van der Waals surface area contributed by atoms with Gasteiger partial charge in [0.15, 0.2) is 11.0 Å². The van der Waals surface area contributed by atoms with Crippen molar-refractivity contribution in [1.82, 2.24) is 20.1 Å². The number of rotatable bonds is 10. The molecule has 0 spiro atoms. The van der Waals surface area contributed by atoms with Crippen LogP contribution in [0.4, 0.5) is 28.0 Å². The molecule has 1 saturated heterocycles. The van der Waals surface area contributed by atoms with Crippen LogP contribution in [-0.2, 0) is 6.42 Å². The molecule has 0 aliphatic carbocycles. The Kier molecular flexibility index (Phi) is 10.3. The van der Waals surface area contributed by atoms with Crippen LogP contribution in [-0.4, -0.2) is 51.2 Å². The van der Waals surface area contributed by atoms with Crippen LogP contribution in [0.3, 0.4) is 0 Å². The zero-order chi connectivity index (χ0) is 32.8. The van der Waals surface area contributed by atoms with Crippen LogP contribution < -0.4 is 15.0 Å². The van der Waals surface area contributed by atoms with Gasteiger partial charge in [0, 0.05) is 30.1 Å². The molecule has 0 bridgehead atoms. The average Bonchev–Trinajstić information content (AvgIpc) is 3.67. The summed E-state index contributed by atoms with van der Waals surface area (Å²) in [6.07, 6.45) is -1.67. The van der Waals surface area contributed by atoms with E-state index in [0.717, 1.165) is 41.0 Å². The first-order valence-electron chi connectivity index (χ1n) is 14.9. The number of anilines is 1. The molecule has 2 amide bonds. The molecule has 1 aliphatic rings.